The number of amides is 2. The summed E-state index contributed by atoms with van der Waals surface area (Å²) < 4.78 is 13.3. The van der Waals surface area contributed by atoms with E-state index in [1.54, 1.807) is 11.0 Å². The zero-order valence-electron chi connectivity index (χ0n) is 14.9. The number of benzene rings is 2. The first kappa shape index (κ1) is 17.7. The van der Waals surface area contributed by atoms with Crippen molar-refractivity contribution >= 4 is 11.8 Å². The van der Waals surface area contributed by atoms with E-state index in [1.165, 1.54) is 12.1 Å². The van der Waals surface area contributed by atoms with Crippen LogP contribution in [0.5, 0.6) is 0 Å². The molecule has 3 atom stereocenters. The lowest BCUT2D eigenvalue weighted by Gasteiger charge is -2.34. The number of nitrogens with one attached hydrogen (secondary N) is 2. The van der Waals surface area contributed by atoms with Gasteiger partial charge in [-0.15, -0.1) is 0 Å². The third-order valence-corrected chi connectivity index (χ3v) is 5.27. The number of halogens is 1. The van der Waals surface area contributed by atoms with Gasteiger partial charge in [0.15, 0.2) is 0 Å². The van der Waals surface area contributed by atoms with E-state index < -0.39 is 12.1 Å². The summed E-state index contributed by atoms with van der Waals surface area (Å²) in [4.78, 5) is 27.0. The normalized spacial score (nSPS) is 24.6. The van der Waals surface area contributed by atoms with Crippen LogP contribution in [-0.2, 0) is 22.6 Å². The lowest BCUT2D eigenvalue weighted by atomic mass is 10.0. The Morgan fingerprint density at radius 3 is 2.63 bits per heavy atom. The van der Waals surface area contributed by atoms with E-state index in [1.807, 2.05) is 36.4 Å². The predicted octanol–water partition coefficient (Wildman–Crippen LogP) is 1.63. The third-order valence-electron chi connectivity index (χ3n) is 5.27. The molecule has 0 aliphatic carbocycles. The maximum absolute atomic E-state index is 13.3. The van der Waals surface area contributed by atoms with Gasteiger partial charge in [-0.1, -0.05) is 42.5 Å². The van der Waals surface area contributed by atoms with Crippen molar-refractivity contribution in [3.63, 3.8) is 0 Å². The summed E-state index contributed by atoms with van der Waals surface area (Å²) in [7, 11) is 0. The Kier molecular flexibility index (Phi) is 4.90. The second-order valence-corrected chi connectivity index (χ2v) is 7.20. The molecule has 6 heteroatoms. The Morgan fingerprint density at radius 2 is 1.85 bits per heavy atom. The molecule has 5 nitrogen and oxygen atoms in total. The van der Waals surface area contributed by atoms with Gasteiger partial charge >= 0.3 is 0 Å². The van der Waals surface area contributed by atoms with E-state index in [2.05, 4.69) is 10.6 Å². The Morgan fingerprint density at radius 1 is 1.07 bits per heavy atom. The smallest absolute Gasteiger partial charge is 0.246 e. The Bertz CT molecular complexity index is 842. The maximum atomic E-state index is 13.3. The maximum Gasteiger partial charge on any atom is 0.246 e. The molecule has 2 amide bonds. The van der Waals surface area contributed by atoms with E-state index in [4.69, 9.17) is 0 Å². The fraction of sp³-hybridized carbons (Fsp3) is 0.333. The molecule has 0 bridgehead atoms. The van der Waals surface area contributed by atoms with Crippen LogP contribution in [0.4, 0.5) is 4.39 Å². The van der Waals surface area contributed by atoms with Crippen LogP contribution in [-0.4, -0.2) is 41.4 Å². The Balaban J connectivity index is 1.39. The topological polar surface area (TPSA) is 61.4 Å². The molecular weight excluding hydrogens is 345 g/mol. The van der Waals surface area contributed by atoms with Gasteiger partial charge in [-0.2, -0.15) is 0 Å². The summed E-state index contributed by atoms with van der Waals surface area (Å²) in [6, 6.07) is 15.2. The van der Waals surface area contributed by atoms with Gasteiger partial charge in [-0.25, -0.2) is 4.39 Å². The molecule has 0 unspecified atom stereocenters. The SMILES string of the molecule is O=C1N[C@H](Cc2ccccc2)C(=O)N2C[C@@H](NCc3cccc(F)c3)C[C@@H]12. The number of nitrogens with zero attached hydrogens (tertiary/aromatic N) is 1. The molecule has 2 heterocycles. The minimum Gasteiger partial charge on any atom is -0.342 e. The Hall–Kier alpha value is -2.73. The first-order valence-electron chi connectivity index (χ1n) is 9.23. The van der Waals surface area contributed by atoms with Crippen LogP contribution >= 0.6 is 0 Å². The molecule has 0 aromatic heterocycles. The largest absolute Gasteiger partial charge is 0.342 e. The van der Waals surface area contributed by atoms with Crippen LogP contribution in [0.25, 0.3) is 0 Å². The fourth-order valence-electron chi connectivity index (χ4n) is 3.90. The van der Waals surface area contributed by atoms with Gasteiger partial charge in [0, 0.05) is 25.6 Å². The zero-order chi connectivity index (χ0) is 18.8. The van der Waals surface area contributed by atoms with Crippen LogP contribution in [0, 0.1) is 5.82 Å². The van der Waals surface area contributed by atoms with Crippen LogP contribution in [0.3, 0.4) is 0 Å². The molecule has 140 valence electrons. The van der Waals surface area contributed by atoms with Gasteiger partial charge in [0.25, 0.3) is 0 Å². The number of hydrogen-bond acceptors (Lipinski definition) is 3. The van der Waals surface area contributed by atoms with Crippen molar-refractivity contribution < 1.29 is 14.0 Å². The second-order valence-electron chi connectivity index (χ2n) is 7.20. The van der Waals surface area contributed by atoms with Crippen molar-refractivity contribution in [1.29, 1.82) is 0 Å². The van der Waals surface area contributed by atoms with Crippen molar-refractivity contribution in [3.05, 3.63) is 71.5 Å². The fourth-order valence-corrected chi connectivity index (χ4v) is 3.90. The highest BCUT2D eigenvalue weighted by Crippen LogP contribution is 2.24. The quantitative estimate of drug-likeness (QED) is 0.844. The molecule has 27 heavy (non-hydrogen) atoms. The lowest BCUT2D eigenvalue weighted by Crippen LogP contribution is -2.61. The van der Waals surface area contributed by atoms with E-state index in [0.29, 0.717) is 25.9 Å². The summed E-state index contributed by atoms with van der Waals surface area (Å²) in [6.07, 6.45) is 1.07. The summed E-state index contributed by atoms with van der Waals surface area (Å²) in [5, 5.41) is 6.23. The van der Waals surface area contributed by atoms with Gasteiger partial charge in [0.05, 0.1) is 0 Å². The molecule has 2 saturated heterocycles. The molecule has 2 N–H and O–H groups in total. The van der Waals surface area contributed by atoms with E-state index in [9.17, 15) is 14.0 Å². The average molecular weight is 367 g/mol. The second kappa shape index (κ2) is 7.48. The number of hydrogen-bond donors (Lipinski definition) is 2. The van der Waals surface area contributed by atoms with Crippen molar-refractivity contribution in [3.8, 4) is 0 Å². The number of carbonyl (C=O) groups excluding carboxylic acids is 2. The molecule has 2 fully saturated rings. The summed E-state index contributed by atoms with van der Waals surface area (Å²) in [6.45, 7) is 1.00. The lowest BCUT2D eigenvalue weighted by molar-refractivity contribution is -0.147. The van der Waals surface area contributed by atoms with Crippen molar-refractivity contribution in [2.75, 3.05) is 6.54 Å². The van der Waals surface area contributed by atoms with Gasteiger partial charge in [-0.3, -0.25) is 9.59 Å². The molecule has 4 rings (SSSR count). The van der Waals surface area contributed by atoms with Crippen molar-refractivity contribution in [1.82, 2.24) is 15.5 Å². The van der Waals surface area contributed by atoms with Gasteiger partial charge in [0.1, 0.15) is 17.9 Å². The van der Waals surface area contributed by atoms with Crippen molar-refractivity contribution in [2.24, 2.45) is 0 Å². The molecule has 0 radical (unpaired) electrons. The third kappa shape index (κ3) is 3.85. The standard InChI is InChI=1S/C21H22FN3O2/c22-16-8-4-7-15(9-16)12-23-17-11-19-20(26)24-18(21(27)25(19)13-17)10-14-5-2-1-3-6-14/h1-9,17-19,23H,10-13H2,(H,24,26)/t17-,18+,19-/m0/s1. The molecule has 0 spiro atoms. The number of rotatable bonds is 5. The van der Waals surface area contributed by atoms with Crippen LogP contribution in [0.1, 0.15) is 17.5 Å². The highest BCUT2D eigenvalue weighted by molar-refractivity contribution is 5.97. The monoisotopic (exact) mass is 367 g/mol. The minimum atomic E-state index is -0.516. The predicted molar refractivity (Wildman–Crippen MR) is 99.2 cm³/mol. The Labute approximate surface area is 157 Å². The van der Waals surface area contributed by atoms with Crippen LogP contribution in [0.2, 0.25) is 0 Å². The first-order valence-corrected chi connectivity index (χ1v) is 9.23. The minimum absolute atomic E-state index is 0.0171. The molecule has 2 aliphatic heterocycles. The summed E-state index contributed by atoms with van der Waals surface area (Å²) in [5.41, 5.74) is 1.87. The zero-order valence-corrected chi connectivity index (χ0v) is 14.9. The van der Waals surface area contributed by atoms with Gasteiger partial charge in [-0.05, 0) is 29.7 Å². The number of fused-ring (bicyclic) bond motifs is 1. The van der Waals surface area contributed by atoms with E-state index in [-0.39, 0.29) is 23.7 Å². The average Bonchev–Trinajstić information content (AvgIpc) is 3.10. The van der Waals surface area contributed by atoms with E-state index >= 15 is 0 Å². The van der Waals surface area contributed by atoms with Gasteiger partial charge < -0.3 is 15.5 Å². The highest BCUT2D eigenvalue weighted by Gasteiger charge is 2.46. The van der Waals surface area contributed by atoms with Gasteiger partial charge in [0.2, 0.25) is 11.8 Å². The van der Waals surface area contributed by atoms with E-state index in [0.717, 1.165) is 11.1 Å². The molecule has 2 aromatic carbocycles. The number of piperazine rings is 1. The summed E-state index contributed by atoms with van der Waals surface area (Å²) in [5.74, 6) is -0.388. The number of carbonyl (C=O) groups is 2. The first-order chi connectivity index (χ1) is 13.1. The van der Waals surface area contributed by atoms with Crippen LogP contribution < -0.4 is 10.6 Å². The van der Waals surface area contributed by atoms with Crippen LogP contribution in [0.15, 0.2) is 54.6 Å². The molecule has 2 aliphatic rings. The van der Waals surface area contributed by atoms with Crippen molar-refractivity contribution in [2.45, 2.75) is 37.5 Å². The molecule has 0 saturated carbocycles. The molecule has 2 aromatic rings. The highest BCUT2D eigenvalue weighted by atomic mass is 19.1. The summed E-state index contributed by atoms with van der Waals surface area (Å²) >= 11 is 0. The molecular formula is C21H22FN3O2.